The van der Waals surface area contributed by atoms with Gasteiger partial charge in [-0.1, -0.05) is 13.0 Å². The van der Waals surface area contributed by atoms with E-state index in [-0.39, 0.29) is 23.1 Å². The van der Waals surface area contributed by atoms with Crippen molar-refractivity contribution < 1.29 is 13.6 Å². The molecule has 0 unspecified atom stereocenters. The number of hydrogen-bond acceptors (Lipinski definition) is 5. The summed E-state index contributed by atoms with van der Waals surface area (Å²) in [6.45, 7) is 5.93. The number of hydrogen-bond donors (Lipinski definition) is 1. The van der Waals surface area contributed by atoms with Gasteiger partial charge >= 0.3 is 0 Å². The molecule has 1 aromatic carbocycles. The molecule has 1 aromatic heterocycles. The standard InChI is InChI=1S/C17H19F2N5O/c1-2-23-6-8-24(9-7-23)17(25)14-10-15(21-11-20-14)22-16-12(18)4-3-5-13(16)19/h3-5,10-11H,2,6-9H2,1H3,(H,20,21,22). The molecular formula is C17H19F2N5O. The highest BCUT2D eigenvalue weighted by molar-refractivity contribution is 5.93. The van der Waals surface area contributed by atoms with Gasteiger partial charge in [-0.2, -0.15) is 0 Å². The molecule has 0 bridgehead atoms. The molecule has 1 N–H and O–H groups in total. The quantitative estimate of drug-likeness (QED) is 0.919. The van der Waals surface area contributed by atoms with Crippen LogP contribution in [0.1, 0.15) is 17.4 Å². The second-order valence-electron chi connectivity index (χ2n) is 5.74. The molecule has 0 saturated carbocycles. The average Bonchev–Trinajstić information content (AvgIpc) is 2.64. The third kappa shape index (κ3) is 3.90. The predicted octanol–water partition coefficient (Wildman–Crippen LogP) is 2.28. The fraction of sp³-hybridized carbons (Fsp3) is 0.353. The van der Waals surface area contributed by atoms with E-state index in [1.165, 1.54) is 18.5 Å². The van der Waals surface area contributed by atoms with Crippen LogP contribution in [0.25, 0.3) is 0 Å². The molecule has 1 aliphatic rings. The number of carbonyl (C=O) groups is 1. The minimum absolute atomic E-state index is 0.162. The van der Waals surface area contributed by atoms with Crippen molar-refractivity contribution in [2.24, 2.45) is 0 Å². The number of halogens is 2. The maximum atomic E-state index is 13.7. The van der Waals surface area contributed by atoms with Crippen molar-refractivity contribution in [2.45, 2.75) is 6.92 Å². The Balaban J connectivity index is 1.74. The zero-order valence-corrected chi connectivity index (χ0v) is 13.9. The van der Waals surface area contributed by atoms with Gasteiger partial charge in [0, 0.05) is 32.2 Å². The van der Waals surface area contributed by atoms with Crippen LogP contribution < -0.4 is 5.32 Å². The van der Waals surface area contributed by atoms with Crippen molar-refractivity contribution in [1.29, 1.82) is 0 Å². The van der Waals surface area contributed by atoms with Gasteiger partial charge in [0.25, 0.3) is 5.91 Å². The van der Waals surface area contributed by atoms with Crippen LogP contribution >= 0.6 is 0 Å². The first-order chi connectivity index (χ1) is 12.1. The SMILES string of the molecule is CCN1CCN(C(=O)c2cc(Nc3c(F)cccc3F)ncn2)CC1. The van der Waals surface area contributed by atoms with Crippen LogP contribution in [-0.4, -0.2) is 58.4 Å². The zero-order valence-electron chi connectivity index (χ0n) is 13.9. The molecule has 0 atom stereocenters. The summed E-state index contributed by atoms with van der Waals surface area (Å²) < 4.78 is 27.5. The topological polar surface area (TPSA) is 61.4 Å². The van der Waals surface area contributed by atoms with Gasteiger partial charge in [0.15, 0.2) is 0 Å². The maximum Gasteiger partial charge on any atom is 0.272 e. The number of carbonyl (C=O) groups excluding carboxylic acids is 1. The largest absolute Gasteiger partial charge is 0.335 e. The molecule has 1 aliphatic heterocycles. The van der Waals surface area contributed by atoms with E-state index in [4.69, 9.17) is 0 Å². The van der Waals surface area contributed by atoms with Gasteiger partial charge in [-0.25, -0.2) is 18.7 Å². The molecule has 2 heterocycles. The Morgan fingerprint density at radius 1 is 1.16 bits per heavy atom. The summed E-state index contributed by atoms with van der Waals surface area (Å²) in [7, 11) is 0. The summed E-state index contributed by atoms with van der Waals surface area (Å²) in [6, 6.07) is 4.97. The van der Waals surface area contributed by atoms with E-state index in [1.807, 2.05) is 0 Å². The number of amides is 1. The Morgan fingerprint density at radius 2 is 1.84 bits per heavy atom. The number of nitrogens with zero attached hydrogens (tertiary/aromatic N) is 4. The van der Waals surface area contributed by atoms with Gasteiger partial charge in [0.1, 0.15) is 35.2 Å². The predicted molar refractivity (Wildman–Crippen MR) is 89.7 cm³/mol. The van der Waals surface area contributed by atoms with Gasteiger partial charge < -0.3 is 15.1 Å². The van der Waals surface area contributed by atoms with E-state index in [9.17, 15) is 13.6 Å². The lowest BCUT2D eigenvalue weighted by atomic mass is 10.2. The lowest BCUT2D eigenvalue weighted by molar-refractivity contribution is 0.0637. The molecule has 132 valence electrons. The zero-order chi connectivity index (χ0) is 17.8. The summed E-state index contributed by atoms with van der Waals surface area (Å²) >= 11 is 0. The Morgan fingerprint density at radius 3 is 2.48 bits per heavy atom. The normalized spacial score (nSPS) is 15.2. The first kappa shape index (κ1) is 17.2. The van der Waals surface area contributed by atoms with E-state index in [1.54, 1.807) is 4.90 Å². The monoisotopic (exact) mass is 347 g/mol. The van der Waals surface area contributed by atoms with E-state index in [0.29, 0.717) is 13.1 Å². The number of rotatable bonds is 4. The van der Waals surface area contributed by atoms with Crippen LogP contribution in [0.5, 0.6) is 0 Å². The van der Waals surface area contributed by atoms with E-state index in [2.05, 4.69) is 27.1 Å². The van der Waals surface area contributed by atoms with Gasteiger partial charge in [0.05, 0.1) is 0 Å². The molecule has 6 nitrogen and oxygen atoms in total. The Bertz CT molecular complexity index is 742. The Labute approximate surface area is 144 Å². The number of piperazine rings is 1. The second kappa shape index (κ2) is 7.52. The van der Waals surface area contributed by atoms with Crippen LogP contribution in [0.2, 0.25) is 0 Å². The summed E-state index contributed by atoms with van der Waals surface area (Å²) in [4.78, 5) is 24.5. The number of benzene rings is 1. The molecule has 1 fully saturated rings. The van der Waals surface area contributed by atoms with E-state index in [0.717, 1.165) is 31.8 Å². The molecule has 25 heavy (non-hydrogen) atoms. The Hall–Kier alpha value is -2.61. The third-order valence-corrected chi connectivity index (χ3v) is 4.21. The van der Waals surface area contributed by atoms with Crippen molar-refractivity contribution in [3.63, 3.8) is 0 Å². The number of aromatic nitrogens is 2. The first-order valence-corrected chi connectivity index (χ1v) is 8.13. The third-order valence-electron chi connectivity index (χ3n) is 4.21. The molecule has 0 aliphatic carbocycles. The molecule has 3 rings (SSSR count). The van der Waals surface area contributed by atoms with Crippen molar-refractivity contribution in [2.75, 3.05) is 38.0 Å². The van der Waals surface area contributed by atoms with Crippen LogP contribution in [0.3, 0.4) is 0 Å². The van der Waals surface area contributed by atoms with Gasteiger partial charge in [0.2, 0.25) is 0 Å². The number of likely N-dealkylation sites (N-methyl/N-ethyl adjacent to an activating group) is 1. The van der Waals surface area contributed by atoms with Gasteiger partial charge in [-0.15, -0.1) is 0 Å². The van der Waals surface area contributed by atoms with Crippen LogP contribution in [0.15, 0.2) is 30.6 Å². The number of nitrogens with one attached hydrogen (secondary N) is 1. The first-order valence-electron chi connectivity index (χ1n) is 8.13. The highest BCUT2D eigenvalue weighted by Crippen LogP contribution is 2.22. The molecule has 1 saturated heterocycles. The lowest BCUT2D eigenvalue weighted by Crippen LogP contribution is -2.48. The van der Waals surface area contributed by atoms with Crippen molar-refractivity contribution in [3.8, 4) is 0 Å². The molecular weight excluding hydrogens is 328 g/mol. The molecule has 0 radical (unpaired) electrons. The molecule has 0 spiro atoms. The maximum absolute atomic E-state index is 13.7. The number of anilines is 2. The highest BCUT2D eigenvalue weighted by Gasteiger charge is 2.22. The van der Waals surface area contributed by atoms with Crippen LogP contribution in [0, 0.1) is 11.6 Å². The van der Waals surface area contributed by atoms with Gasteiger partial charge in [-0.3, -0.25) is 4.79 Å². The highest BCUT2D eigenvalue weighted by atomic mass is 19.1. The molecule has 8 heteroatoms. The van der Waals surface area contributed by atoms with Crippen molar-refractivity contribution in [1.82, 2.24) is 19.8 Å². The average molecular weight is 347 g/mol. The minimum Gasteiger partial charge on any atom is -0.335 e. The lowest BCUT2D eigenvalue weighted by Gasteiger charge is -2.33. The summed E-state index contributed by atoms with van der Waals surface area (Å²) in [6.07, 6.45) is 1.20. The van der Waals surface area contributed by atoms with E-state index < -0.39 is 11.6 Å². The smallest absolute Gasteiger partial charge is 0.272 e. The van der Waals surface area contributed by atoms with Crippen LogP contribution in [-0.2, 0) is 0 Å². The molecule has 1 amide bonds. The summed E-state index contributed by atoms with van der Waals surface area (Å²) in [5.41, 5.74) is -0.115. The minimum atomic E-state index is -0.734. The summed E-state index contributed by atoms with van der Waals surface area (Å²) in [5, 5.41) is 2.57. The van der Waals surface area contributed by atoms with Crippen LogP contribution in [0.4, 0.5) is 20.3 Å². The second-order valence-corrected chi connectivity index (χ2v) is 5.74. The number of para-hydroxylation sites is 1. The van der Waals surface area contributed by atoms with E-state index >= 15 is 0 Å². The summed E-state index contributed by atoms with van der Waals surface area (Å²) in [5.74, 6) is -1.52. The van der Waals surface area contributed by atoms with Crippen molar-refractivity contribution in [3.05, 3.63) is 47.9 Å². The fourth-order valence-corrected chi connectivity index (χ4v) is 2.72. The Kier molecular flexibility index (Phi) is 5.18. The van der Waals surface area contributed by atoms with Gasteiger partial charge in [-0.05, 0) is 18.7 Å². The molecule has 2 aromatic rings. The van der Waals surface area contributed by atoms with Crippen molar-refractivity contribution >= 4 is 17.4 Å². The fourth-order valence-electron chi connectivity index (χ4n) is 2.72.